The predicted octanol–water partition coefficient (Wildman–Crippen LogP) is 0.963. The summed E-state index contributed by atoms with van der Waals surface area (Å²) in [5.41, 5.74) is 2.73. The lowest BCUT2D eigenvalue weighted by Crippen LogP contribution is -2.46. The zero-order chi connectivity index (χ0) is 12.7. The van der Waals surface area contributed by atoms with Crippen LogP contribution in [0.1, 0.15) is 33.1 Å². The number of nitrogens with one attached hydrogen (secondary N) is 1. The molecule has 0 atom stereocenters. The second-order valence-electron chi connectivity index (χ2n) is 4.95. The molecule has 0 bridgehead atoms. The average Bonchev–Trinajstić information content (AvgIpc) is 3.11. The molecule has 17 heavy (non-hydrogen) atoms. The Morgan fingerprint density at radius 2 is 2.24 bits per heavy atom. The van der Waals surface area contributed by atoms with Gasteiger partial charge in [0.2, 0.25) is 5.96 Å². The Morgan fingerprint density at radius 3 is 2.71 bits per heavy atom. The first kappa shape index (κ1) is 14.3. The normalized spacial score (nSPS) is 16.4. The predicted molar refractivity (Wildman–Crippen MR) is 70.7 cm³/mol. The maximum absolute atomic E-state index is 5.56. The third kappa shape index (κ3) is 5.37. The minimum Gasteiger partial charge on any atom is -0.383 e. The van der Waals surface area contributed by atoms with Gasteiger partial charge in [-0.1, -0.05) is 13.8 Å². The van der Waals surface area contributed by atoms with Gasteiger partial charge in [-0.25, -0.2) is 10.8 Å². The molecule has 1 aliphatic carbocycles. The second kappa shape index (κ2) is 7.50. The van der Waals surface area contributed by atoms with E-state index in [0.29, 0.717) is 25.1 Å². The average molecular weight is 242 g/mol. The van der Waals surface area contributed by atoms with E-state index in [1.165, 1.54) is 19.3 Å². The van der Waals surface area contributed by atoms with Crippen molar-refractivity contribution in [2.24, 2.45) is 16.8 Å². The van der Waals surface area contributed by atoms with Crippen LogP contribution in [-0.4, -0.2) is 43.7 Å². The summed E-state index contributed by atoms with van der Waals surface area (Å²) in [6.07, 6.45) is 3.67. The van der Waals surface area contributed by atoms with Crippen LogP contribution < -0.4 is 11.3 Å². The molecule has 0 spiro atoms. The number of rotatable bonds is 7. The van der Waals surface area contributed by atoms with Crippen molar-refractivity contribution in [1.82, 2.24) is 10.3 Å². The van der Waals surface area contributed by atoms with Gasteiger partial charge in [0.05, 0.1) is 13.2 Å². The number of hydrogen-bond acceptors (Lipinski definition) is 3. The zero-order valence-electron chi connectivity index (χ0n) is 11.3. The van der Waals surface area contributed by atoms with Crippen molar-refractivity contribution in [1.29, 1.82) is 0 Å². The number of nitrogens with two attached hydrogens (primary N) is 1. The molecule has 0 unspecified atom stereocenters. The van der Waals surface area contributed by atoms with E-state index in [1.807, 2.05) is 0 Å². The molecule has 5 heteroatoms. The molecule has 1 saturated carbocycles. The van der Waals surface area contributed by atoms with Crippen LogP contribution in [0.2, 0.25) is 0 Å². The SMILES string of the molecule is COCCN=C(NN)N(CCC(C)C)C1CC1. The molecule has 0 aromatic rings. The highest BCUT2D eigenvalue weighted by atomic mass is 16.5. The van der Waals surface area contributed by atoms with Crippen molar-refractivity contribution >= 4 is 5.96 Å². The van der Waals surface area contributed by atoms with Gasteiger partial charge >= 0.3 is 0 Å². The third-order valence-electron chi connectivity index (χ3n) is 2.89. The van der Waals surface area contributed by atoms with Gasteiger partial charge in [0.15, 0.2) is 0 Å². The van der Waals surface area contributed by atoms with Crippen LogP contribution >= 0.6 is 0 Å². The van der Waals surface area contributed by atoms with E-state index in [-0.39, 0.29) is 0 Å². The molecule has 0 saturated heterocycles. The molecule has 100 valence electrons. The summed E-state index contributed by atoms with van der Waals surface area (Å²) in [6.45, 7) is 6.79. The Hall–Kier alpha value is -0.810. The molecule has 1 rings (SSSR count). The number of aliphatic imine (C=N–C) groups is 1. The number of methoxy groups -OCH3 is 1. The van der Waals surface area contributed by atoms with Crippen molar-refractivity contribution < 1.29 is 4.74 Å². The van der Waals surface area contributed by atoms with E-state index in [9.17, 15) is 0 Å². The molecule has 0 heterocycles. The molecule has 1 fully saturated rings. The molecule has 0 aromatic carbocycles. The van der Waals surface area contributed by atoms with E-state index >= 15 is 0 Å². The van der Waals surface area contributed by atoms with Gasteiger partial charge < -0.3 is 9.64 Å². The Balaban J connectivity index is 2.49. The first-order valence-corrected chi connectivity index (χ1v) is 6.45. The fourth-order valence-corrected chi connectivity index (χ4v) is 1.71. The molecule has 0 aliphatic heterocycles. The fourth-order valence-electron chi connectivity index (χ4n) is 1.71. The Morgan fingerprint density at radius 1 is 1.53 bits per heavy atom. The van der Waals surface area contributed by atoms with Gasteiger partial charge in [-0.15, -0.1) is 0 Å². The Labute approximate surface area is 104 Å². The van der Waals surface area contributed by atoms with Crippen LogP contribution in [0, 0.1) is 5.92 Å². The van der Waals surface area contributed by atoms with Crippen LogP contribution in [-0.2, 0) is 4.74 Å². The van der Waals surface area contributed by atoms with Crippen LogP contribution in [0.5, 0.6) is 0 Å². The van der Waals surface area contributed by atoms with Gasteiger partial charge in [0.25, 0.3) is 0 Å². The van der Waals surface area contributed by atoms with Gasteiger partial charge in [0, 0.05) is 19.7 Å². The molecule has 0 radical (unpaired) electrons. The summed E-state index contributed by atoms with van der Waals surface area (Å²) < 4.78 is 5.00. The lowest BCUT2D eigenvalue weighted by Gasteiger charge is -2.26. The largest absolute Gasteiger partial charge is 0.383 e. The standard InChI is InChI=1S/C12H26N4O/c1-10(2)6-8-16(11-4-5-11)12(15-13)14-7-9-17-3/h10-11H,4-9,13H2,1-3H3,(H,14,15). The van der Waals surface area contributed by atoms with Crippen LogP contribution in [0.3, 0.4) is 0 Å². The first-order valence-electron chi connectivity index (χ1n) is 6.45. The second-order valence-corrected chi connectivity index (χ2v) is 4.95. The summed E-state index contributed by atoms with van der Waals surface area (Å²) in [5.74, 6) is 7.08. The molecule has 0 amide bonds. The molecule has 0 aromatic heterocycles. The quantitative estimate of drug-likeness (QED) is 0.229. The Kier molecular flexibility index (Phi) is 6.29. The molecular formula is C12H26N4O. The third-order valence-corrected chi connectivity index (χ3v) is 2.89. The zero-order valence-corrected chi connectivity index (χ0v) is 11.3. The lowest BCUT2D eigenvalue weighted by atomic mass is 10.1. The summed E-state index contributed by atoms with van der Waals surface area (Å²) >= 11 is 0. The molecule has 1 aliphatic rings. The molecule has 3 N–H and O–H groups in total. The molecular weight excluding hydrogens is 216 g/mol. The summed E-state index contributed by atoms with van der Waals surface area (Å²) in [6, 6.07) is 0.631. The van der Waals surface area contributed by atoms with Gasteiger partial charge in [-0.2, -0.15) is 0 Å². The first-order chi connectivity index (χ1) is 8.19. The van der Waals surface area contributed by atoms with Crippen molar-refractivity contribution in [3.8, 4) is 0 Å². The topological polar surface area (TPSA) is 62.9 Å². The monoisotopic (exact) mass is 242 g/mol. The van der Waals surface area contributed by atoms with Crippen molar-refractivity contribution in [2.45, 2.75) is 39.2 Å². The fraction of sp³-hybridized carbons (Fsp3) is 0.917. The number of guanidine groups is 1. The smallest absolute Gasteiger partial charge is 0.208 e. The lowest BCUT2D eigenvalue weighted by molar-refractivity contribution is 0.207. The highest BCUT2D eigenvalue weighted by Gasteiger charge is 2.30. The number of hydrogen-bond donors (Lipinski definition) is 2. The summed E-state index contributed by atoms with van der Waals surface area (Å²) in [7, 11) is 1.68. The van der Waals surface area contributed by atoms with E-state index in [0.717, 1.165) is 12.5 Å². The number of ether oxygens (including phenoxy) is 1. The van der Waals surface area contributed by atoms with E-state index in [4.69, 9.17) is 10.6 Å². The highest BCUT2D eigenvalue weighted by Crippen LogP contribution is 2.27. The van der Waals surface area contributed by atoms with Gasteiger partial charge in [0.1, 0.15) is 0 Å². The Bertz CT molecular complexity index is 239. The van der Waals surface area contributed by atoms with E-state index in [1.54, 1.807) is 7.11 Å². The highest BCUT2D eigenvalue weighted by molar-refractivity contribution is 5.80. The van der Waals surface area contributed by atoms with E-state index in [2.05, 4.69) is 29.2 Å². The van der Waals surface area contributed by atoms with Crippen LogP contribution in [0.4, 0.5) is 0 Å². The van der Waals surface area contributed by atoms with Crippen molar-refractivity contribution in [3.05, 3.63) is 0 Å². The van der Waals surface area contributed by atoms with Gasteiger partial charge in [-0.3, -0.25) is 5.43 Å². The minimum absolute atomic E-state index is 0.631. The van der Waals surface area contributed by atoms with E-state index < -0.39 is 0 Å². The van der Waals surface area contributed by atoms with Crippen molar-refractivity contribution in [2.75, 3.05) is 26.8 Å². The maximum Gasteiger partial charge on any atom is 0.208 e. The van der Waals surface area contributed by atoms with Gasteiger partial charge in [-0.05, 0) is 25.2 Å². The summed E-state index contributed by atoms with van der Waals surface area (Å²) in [4.78, 5) is 6.75. The minimum atomic E-state index is 0.631. The van der Waals surface area contributed by atoms with Crippen molar-refractivity contribution in [3.63, 3.8) is 0 Å². The maximum atomic E-state index is 5.56. The summed E-state index contributed by atoms with van der Waals surface area (Å²) in [5, 5.41) is 0. The van der Waals surface area contributed by atoms with Crippen LogP contribution in [0.15, 0.2) is 4.99 Å². The number of hydrazine groups is 1. The van der Waals surface area contributed by atoms with Crippen LogP contribution in [0.25, 0.3) is 0 Å². The molecule has 5 nitrogen and oxygen atoms in total. The number of nitrogens with zero attached hydrogens (tertiary/aromatic N) is 2.